The predicted octanol–water partition coefficient (Wildman–Crippen LogP) is 0.460. The first-order valence-electron chi connectivity index (χ1n) is 5.02. The van der Waals surface area contributed by atoms with Gasteiger partial charge < -0.3 is 14.4 Å². The number of hydrogen-bond donors (Lipinski definition) is 0. The molecule has 2 heterocycles. The van der Waals surface area contributed by atoms with Gasteiger partial charge in [-0.25, -0.2) is 4.98 Å². The number of aromatic nitrogens is 2. The Morgan fingerprint density at radius 1 is 1.40 bits per heavy atom. The highest BCUT2D eigenvalue weighted by Gasteiger charge is 2.12. The molecule has 1 aliphatic rings. The van der Waals surface area contributed by atoms with E-state index < -0.39 is 0 Å². The van der Waals surface area contributed by atoms with Gasteiger partial charge in [-0.15, -0.1) is 0 Å². The highest BCUT2D eigenvalue weighted by Crippen LogP contribution is 2.11. The van der Waals surface area contributed by atoms with Crippen molar-refractivity contribution in [1.82, 2.24) is 9.97 Å². The van der Waals surface area contributed by atoms with Crippen LogP contribution < -0.4 is 4.90 Å². The number of anilines is 1. The number of methoxy groups -OCH3 is 1. The van der Waals surface area contributed by atoms with Crippen molar-refractivity contribution in [2.45, 2.75) is 6.61 Å². The topological polar surface area (TPSA) is 47.5 Å². The van der Waals surface area contributed by atoms with Crippen LogP contribution >= 0.6 is 0 Å². The van der Waals surface area contributed by atoms with Gasteiger partial charge in [0.05, 0.1) is 37.9 Å². The summed E-state index contributed by atoms with van der Waals surface area (Å²) >= 11 is 0. The zero-order chi connectivity index (χ0) is 10.5. The lowest BCUT2D eigenvalue weighted by molar-refractivity contribution is 0.122. The van der Waals surface area contributed by atoms with Crippen molar-refractivity contribution < 1.29 is 9.47 Å². The summed E-state index contributed by atoms with van der Waals surface area (Å²) in [7, 11) is 1.66. The lowest BCUT2D eigenvalue weighted by Crippen LogP contribution is -2.36. The molecular formula is C10H15N3O2. The van der Waals surface area contributed by atoms with E-state index in [4.69, 9.17) is 9.47 Å². The lowest BCUT2D eigenvalue weighted by Gasteiger charge is -2.27. The van der Waals surface area contributed by atoms with E-state index >= 15 is 0 Å². The molecule has 0 amide bonds. The average molecular weight is 209 g/mol. The molecule has 1 aromatic heterocycles. The molecule has 0 aromatic carbocycles. The molecule has 2 rings (SSSR count). The Labute approximate surface area is 89.0 Å². The third-order valence-corrected chi connectivity index (χ3v) is 2.30. The fraction of sp³-hybridized carbons (Fsp3) is 0.600. The third-order valence-electron chi connectivity index (χ3n) is 2.30. The minimum absolute atomic E-state index is 0.505. The van der Waals surface area contributed by atoms with Gasteiger partial charge in [-0.05, 0) is 0 Å². The van der Waals surface area contributed by atoms with Crippen molar-refractivity contribution in [3.8, 4) is 0 Å². The van der Waals surface area contributed by atoms with Crippen molar-refractivity contribution in [2.75, 3.05) is 38.3 Å². The predicted molar refractivity (Wildman–Crippen MR) is 55.8 cm³/mol. The molecule has 1 fully saturated rings. The molecule has 15 heavy (non-hydrogen) atoms. The normalized spacial score (nSPS) is 16.7. The Morgan fingerprint density at radius 3 is 2.93 bits per heavy atom. The summed E-state index contributed by atoms with van der Waals surface area (Å²) < 4.78 is 10.3. The van der Waals surface area contributed by atoms with E-state index in [2.05, 4.69) is 14.9 Å². The second-order valence-electron chi connectivity index (χ2n) is 3.40. The Hall–Kier alpha value is -1.20. The summed E-state index contributed by atoms with van der Waals surface area (Å²) in [6, 6.07) is 0. The molecular weight excluding hydrogens is 194 g/mol. The number of nitrogens with zero attached hydrogens (tertiary/aromatic N) is 3. The van der Waals surface area contributed by atoms with Crippen LogP contribution in [0.2, 0.25) is 0 Å². The first-order chi connectivity index (χ1) is 7.40. The van der Waals surface area contributed by atoms with Crippen LogP contribution in [-0.2, 0) is 16.1 Å². The molecule has 0 radical (unpaired) electrons. The maximum atomic E-state index is 5.28. The molecule has 1 aromatic rings. The van der Waals surface area contributed by atoms with Gasteiger partial charge in [0.15, 0.2) is 0 Å². The van der Waals surface area contributed by atoms with Crippen molar-refractivity contribution in [1.29, 1.82) is 0 Å². The lowest BCUT2D eigenvalue weighted by atomic mass is 10.4. The van der Waals surface area contributed by atoms with Crippen LogP contribution in [0.3, 0.4) is 0 Å². The summed E-state index contributed by atoms with van der Waals surface area (Å²) in [5.74, 6) is 0.910. The van der Waals surface area contributed by atoms with E-state index in [9.17, 15) is 0 Å². The Kier molecular flexibility index (Phi) is 3.47. The number of morpholine rings is 1. The Bertz CT molecular complexity index is 313. The first-order valence-corrected chi connectivity index (χ1v) is 5.02. The van der Waals surface area contributed by atoms with Crippen LogP contribution in [0.15, 0.2) is 12.4 Å². The van der Waals surface area contributed by atoms with E-state index in [0.29, 0.717) is 6.61 Å². The summed E-state index contributed by atoms with van der Waals surface area (Å²) in [5, 5.41) is 0. The molecule has 5 heteroatoms. The number of rotatable bonds is 3. The maximum absolute atomic E-state index is 5.28. The molecule has 0 unspecified atom stereocenters. The molecule has 0 aliphatic carbocycles. The summed E-state index contributed by atoms with van der Waals surface area (Å²) in [5.41, 5.74) is 0.862. The summed E-state index contributed by atoms with van der Waals surface area (Å²) in [4.78, 5) is 10.8. The van der Waals surface area contributed by atoms with E-state index in [1.165, 1.54) is 0 Å². The van der Waals surface area contributed by atoms with Gasteiger partial charge >= 0.3 is 0 Å². The largest absolute Gasteiger partial charge is 0.378 e. The zero-order valence-corrected chi connectivity index (χ0v) is 8.85. The number of ether oxygens (including phenoxy) is 2. The van der Waals surface area contributed by atoms with Crippen LogP contribution in [0, 0.1) is 0 Å². The fourth-order valence-electron chi connectivity index (χ4n) is 1.56. The van der Waals surface area contributed by atoms with Gasteiger partial charge in [0.25, 0.3) is 0 Å². The minimum Gasteiger partial charge on any atom is -0.378 e. The van der Waals surface area contributed by atoms with Gasteiger partial charge in [0.2, 0.25) is 0 Å². The van der Waals surface area contributed by atoms with Crippen LogP contribution in [0.5, 0.6) is 0 Å². The van der Waals surface area contributed by atoms with Gasteiger partial charge in [0, 0.05) is 20.2 Å². The smallest absolute Gasteiger partial charge is 0.147 e. The zero-order valence-electron chi connectivity index (χ0n) is 8.85. The standard InChI is InChI=1S/C10H15N3O2/c1-14-8-9-6-11-7-10(12-9)13-2-4-15-5-3-13/h6-7H,2-5,8H2,1H3. The molecule has 0 spiro atoms. The highest BCUT2D eigenvalue weighted by molar-refractivity contribution is 5.36. The maximum Gasteiger partial charge on any atom is 0.147 e. The molecule has 0 saturated carbocycles. The minimum atomic E-state index is 0.505. The average Bonchev–Trinajstić information content (AvgIpc) is 2.31. The van der Waals surface area contributed by atoms with E-state index in [1.54, 1.807) is 19.5 Å². The molecule has 0 bridgehead atoms. The molecule has 1 aliphatic heterocycles. The SMILES string of the molecule is COCc1cncc(N2CCOCC2)n1. The van der Waals surface area contributed by atoms with Crippen LogP contribution in [0.25, 0.3) is 0 Å². The summed E-state index contributed by atoms with van der Waals surface area (Å²) in [6.45, 7) is 3.79. The molecule has 0 atom stereocenters. The second kappa shape index (κ2) is 5.04. The number of hydrogen-bond acceptors (Lipinski definition) is 5. The Balaban J connectivity index is 2.09. The molecule has 1 saturated heterocycles. The van der Waals surface area contributed by atoms with Crippen molar-refractivity contribution in [3.63, 3.8) is 0 Å². The fourth-order valence-corrected chi connectivity index (χ4v) is 1.56. The quantitative estimate of drug-likeness (QED) is 0.723. The van der Waals surface area contributed by atoms with Gasteiger partial charge in [-0.2, -0.15) is 0 Å². The van der Waals surface area contributed by atoms with Crippen molar-refractivity contribution >= 4 is 5.82 Å². The van der Waals surface area contributed by atoms with Crippen molar-refractivity contribution in [2.24, 2.45) is 0 Å². The first kappa shape index (κ1) is 10.3. The Morgan fingerprint density at radius 2 is 2.20 bits per heavy atom. The van der Waals surface area contributed by atoms with Gasteiger partial charge in [-0.3, -0.25) is 4.98 Å². The van der Waals surface area contributed by atoms with E-state index in [0.717, 1.165) is 37.8 Å². The van der Waals surface area contributed by atoms with Gasteiger partial charge in [0.1, 0.15) is 5.82 Å². The van der Waals surface area contributed by atoms with E-state index in [1.807, 2.05) is 0 Å². The summed E-state index contributed by atoms with van der Waals surface area (Å²) in [6.07, 6.45) is 3.51. The van der Waals surface area contributed by atoms with Gasteiger partial charge in [-0.1, -0.05) is 0 Å². The van der Waals surface area contributed by atoms with E-state index in [-0.39, 0.29) is 0 Å². The highest BCUT2D eigenvalue weighted by atomic mass is 16.5. The molecule has 82 valence electrons. The molecule has 0 N–H and O–H groups in total. The van der Waals surface area contributed by atoms with Crippen LogP contribution in [0.1, 0.15) is 5.69 Å². The second-order valence-corrected chi connectivity index (χ2v) is 3.40. The third kappa shape index (κ3) is 2.64. The van der Waals surface area contributed by atoms with Crippen molar-refractivity contribution in [3.05, 3.63) is 18.1 Å². The molecule has 5 nitrogen and oxygen atoms in total. The van der Waals surface area contributed by atoms with Crippen LogP contribution in [-0.4, -0.2) is 43.4 Å². The monoisotopic (exact) mass is 209 g/mol. The van der Waals surface area contributed by atoms with Crippen LogP contribution in [0.4, 0.5) is 5.82 Å².